The van der Waals surface area contributed by atoms with Gasteiger partial charge in [-0.05, 0) is 18.3 Å². The molecule has 0 aromatic heterocycles. The lowest BCUT2D eigenvalue weighted by Crippen LogP contribution is -2.07. The smallest absolute Gasteiger partial charge is 0.0621 e. The zero-order chi connectivity index (χ0) is 7.02. The topological polar surface area (TPSA) is 0 Å². The van der Waals surface area contributed by atoms with E-state index in [1.807, 2.05) is 0 Å². The van der Waals surface area contributed by atoms with Gasteiger partial charge in [0.15, 0.2) is 0 Å². The van der Waals surface area contributed by atoms with E-state index in [2.05, 4.69) is 27.7 Å². The number of hydrogen-bond donors (Lipinski definition) is 0. The monoisotopic (exact) mass is 125 g/mol. The molecule has 0 radical (unpaired) electrons. The van der Waals surface area contributed by atoms with Gasteiger partial charge in [0, 0.05) is 5.92 Å². The van der Waals surface area contributed by atoms with Crippen LogP contribution in [0.2, 0.25) is 0 Å². The van der Waals surface area contributed by atoms with E-state index in [0.29, 0.717) is 5.92 Å². The van der Waals surface area contributed by atoms with Gasteiger partial charge < -0.3 is 0 Å². The summed E-state index contributed by atoms with van der Waals surface area (Å²) in [6.45, 7) is 11.1. The third-order valence-corrected chi connectivity index (χ3v) is 3.05. The average molecular weight is 125 g/mol. The molecule has 0 amide bonds. The number of hydrogen-bond acceptors (Lipinski definition) is 0. The molecule has 4 atom stereocenters. The summed E-state index contributed by atoms with van der Waals surface area (Å²) < 4.78 is 0. The van der Waals surface area contributed by atoms with Gasteiger partial charge in [0.1, 0.15) is 5.92 Å². The first-order chi connectivity index (χ1) is 4.13. The first kappa shape index (κ1) is 6.98. The lowest BCUT2D eigenvalue weighted by atomic mass is 9.92. The molecule has 1 fully saturated rings. The van der Waals surface area contributed by atoms with E-state index in [0.717, 1.165) is 17.8 Å². The van der Waals surface area contributed by atoms with Crippen molar-refractivity contribution in [1.29, 1.82) is 0 Å². The minimum Gasteiger partial charge on any atom is -0.0621 e. The van der Waals surface area contributed by atoms with E-state index in [1.165, 1.54) is 6.42 Å². The SMILES string of the molecule is [CH2+]C1C(C)CC(C)C1C. The largest absolute Gasteiger partial charge is 0.101 e. The highest BCUT2D eigenvalue weighted by atomic mass is 14.4. The molecule has 4 unspecified atom stereocenters. The highest BCUT2D eigenvalue weighted by Crippen LogP contribution is 2.39. The average Bonchev–Trinajstić information content (AvgIpc) is 1.98. The molecule has 1 rings (SSSR count). The lowest BCUT2D eigenvalue weighted by molar-refractivity contribution is 0.385. The van der Waals surface area contributed by atoms with Crippen molar-refractivity contribution in [2.45, 2.75) is 27.2 Å². The van der Waals surface area contributed by atoms with E-state index in [-0.39, 0.29) is 0 Å². The Bertz CT molecular complexity index is 84.2. The summed E-state index contributed by atoms with van der Waals surface area (Å²) in [7, 11) is 0. The van der Waals surface area contributed by atoms with Crippen molar-refractivity contribution in [1.82, 2.24) is 0 Å². The predicted octanol–water partition coefficient (Wildman–Crippen LogP) is 2.75. The van der Waals surface area contributed by atoms with Crippen molar-refractivity contribution in [3.8, 4) is 0 Å². The molecule has 1 aliphatic rings. The molecule has 0 aliphatic heterocycles. The predicted molar refractivity (Wildman–Crippen MR) is 41.0 cm³/mol. The molecule has 52 valence electrons. The van der Waals surface area contributed by atoms with E-state index in [4.69, 9.17) is 0 Å². The van der Waals surface area contributed by atoms with Crippen molar-refractivity contribution in [3.63, 3.8) is 0 Å². The highest BCUT2D eigenvalue weighted by Gasteiger charge is 2.36. The Morgan fingerprint density at radius 1 is 1.11 bits per heavy atom. The summed E-state index contributed by atoms with van der Waals surface area (Å²) >= 11 is 0. The molecule has 0 saturated heterocycles. The van der Waals surface area contributed by atoms with Gasteiger partial charge in [-0.25, -0.2) is 0 Å². The molecule has 0 spiro atoms. The third kappa shape index (κ3) is 1.08. The fourth-order valence-corrected chi connectivity index (χ4v) is 1.92. The summed E-state index contributed by atoms with van der Waals surface area (Å²) in [5, 5.41) is 0. The maximum atomic E-state index is 4.15. The van der Waals surface area contributed by atoms with Gasteiger partial charge in [0.25, 0.3) is 0 Å². The van der Waals surface area contributed by atoms with Gasteiger partial charge in [-0.3, -0.25) is 0 Å². The fraction of sp³-hybridized carbons (Fsp3) is 0.889. The van der Waals surface area contributed by atoms with E-state index < -0.39 is 0 Å². The first-order valence-corrected chi connectivity index (χ1v) is 3.96. The molecule has 9 heavy (non-hydrogen) atoms. The highest BCUT2D eigenvalue weighted by molar-refractivity contribution is 4.85. The van der Waals surface area contributed by atoms with Gasteiger partial charge in [0.05, 0.1) is 6.92 Å². The van der Waals surface area contributed by atoms with Crippen LogP contribution in [0.15, 0.2) is 0 Å². The third-order valence-electron chi connectivity index (χ3n) is 3.05. The minimum absolute atomic E-state index is 0.708. The summed E-state index contributed by atoms with van der Waals surface area (Å²) in [4.78, 5) is 0. The zero-order valence-electron chi connectivity index (χ0n) is 6.72. The summed E-state index contributed by atoms with van der Waals surface area (Å²) in [6.07, 6.45) is 1.38. The standard InChI is InChI=1S/C9H17/c1-6-5-7(2)9(4)8(6)3/h6-9H,3,5H2,1-2,4H3/q+1. The molecule has 0 aromatic rings. The second-order valence-electron chi connectivity index (χ2n) is 3.71. The molecule has 0 nitrogen and oxygen atoms in total. The van der Waals surface area contributed by atoms with Gasteiger partial charge in [-0.2, -0.15) is 0 Å². The van der Waals surface area contributed by atoms with Crippen LogP contribution in [0.4, 0.5) is 0 Å². The van der Waals surface area contributed by atoms with Crippen LogP contribution < -0.4 is 0 Å². The van der Waals surface area contributed by atoms with Crippen molar-refractivity contribution >= 4 is 0 Å². The Morgan fingerprint density at radius 2 is 1.67 bits per heavy atom. The van der Waals surface area contributed by atoms with Crippen LogP contribution in [0.1, 0.15) is 27.2 Å². The molecule has 0 aromatic carbocycles. The molecule has 0 heteroatoms. The molecule has 1 saturated carbocycles. The van der Waals surface area contributed by atoms with Gasteiger partial charge >= 0.3 is 0 Å². The maximum absolute atomic E-state index is 4.15. The van der Waals surface area contributed by atoms with E-state index >= 15 is 0 Å². The first-order valence-electron chi connectivity index (χ1n) is 3.96. The summed E-state index contributed by atoms with van der Waals surface area (Å²) in [6, 6.07) is 0. The van der Waals surface area contributed by atoms with Crippen molar-refractivity contribution in [2.24, 2.45) is 23.7 Å². The van der Waals surface area contributed by atoms with Crippen molar-refractivity contribution in [2.75, 3.05) is 0 Å². The molecule has 1 aliphatic carbocycles. The summed E-state index contributed by atoms with van der Waals surface area (Å²) in [5.41, 5.74) is 0. The van der Waals surface area contributed by atoms with E-state index in [9.17, 15) is 0 Å². The molecule has 0 N–H and O–H groups in total. The van der Waals surface area contributed by atoms with Gasteiger partial charge in [0.2, 0.25) is 0 Å². The number of rotatable bonds is 0. The van der Waals surface area contributed by atoms with Crippen LogP contribution in [-0.2, 0) is 0 Å². The van der Waals surface area contributed by atoms with Crippen LogP contribution in [0.5, 0.6) is 0 Å². The van der Waals surface area contributed by atoms with Crippen LogP contribution in [-0.4, -0.2) is 0 Å². The Labute approximate surface area is 58.7 Å². The van der Waals surface area contributed by atoms with Crippen molar-refractivity contribution < 1.29 is 0 Å². The van der Waals surface area contributed by atoms with Crippen LogP contribution in [0, 0.1) is 30.6 Å². The minimum atomic E-state index is 0.708. The van der Waals surface area contributed by atoms with Crippen LogP contribution in [0.3, 0.4) is 0 Å². The lowest BCUT2D eigenvalue weighted by Gasteiger charge is -2.08. The Kier molecular flexibility index (Phi) is 1.74. The quantitative estimate of drug-likeness (QED) is 0.437. The Morgan fingerprint density at radius 3 is 1.78 bits per heavy atom. The molecule has 0 heterocycles. The van der Waals surface area contributed by atoms with E-state index in [1.54, 1.807) is 0 Å². The maximum Gasteiger partial charge on any atom is 0.101 e. The van der Waals surface area contributed by atoms with Crippen LogP contribution in [0.25, 0.3) is 0 Å². The second kappa shape index (κ2) is 2.24. The Balaban J connectivity index is 2.54. The van der Waals surface area contributed by atoms with Crippen molar-refractivity contribution in [3.05, 3.63) is 6.92 Å². The van der Waals surface area contributed by atoms with Gasteiger partial charge in [-0.1, -0.05) is 20.8 Å². The fourth-order valence-electron chi connectivity index (χ4n) is 1.92. The second-order valence-corrected chi connectivity index (χ2v) is 3.71. The molecular weight excluding hydrogens is 108 g/mol. The summed E-state index contributed by atoms with van der Waals surface area (Å²) in [5.74, 6) is 3.32. The normalized spacial score (nSPS) is 51.9. The molecular formula is C9H17+. The zero-order valence-corrected chi connectivity index (χ0v) is 6.72. The Hall–Kier alpha value is -0.130. The van der Waals surface area contributed by atoms with Gasteiger partial charge in [-0.15, -0.1) is 0 Å². The van der Waals surface area contributed by atoms with Crippen LogP contribution >= 0.6 is 0 Å². The molecule has 0 bridgehead atoms.